The number of aliphatic hydroxyl groups is 1. The molecule has 0 aliphatic carbocycles. The van der Waals surface area contributed by atoms with Crippen molar-refractivity contribution >= 4 is 5.91 Å². The van der Waals surface area contributed by atoms with Crippen LogP contribution >= 0.6 is 0 Å². The van der Waals surface area contributed by atoms with Crippen LogP contribution in [0.1, 0.15) is 57.7 Å². The fourth-order valence-corrected chi connectivity index (χ4v) is 4.53. The number of aliphatic hydroxyl groups excluding tert-OH is 1. The van der Waals surface area contributed by atoms with E-state index >= 15 is 0 Å². The van der Waals surface area contributed by atoms with Crippen LogP contribution in [-0.2, 0) is 24.2 Å². The van der Waals surface area contributed by atoms with Gasteiger partial charge in [-0.3, -0.25) is 4.79 Å². The van der Waals surface area contributed by atoms with Gasteiger partial charge in [-0.1, -0.05) is 46.8 Å². The van der Waals surface area contributed by atoms with Crippen LogP contribution in [0.4, 0.5) is 8.78 Å². The fraction of sp³-hybridized carbons (Fsp3) is 0.467. The van der Waals surface area contributed by atoms with Crippen LogP contribution in [0.2, 0.25) is 0 Å². The van der Waals surface area contributed by atoms with Crippen molar-refractivity contribution < 1.29 is 18.7 Å². The number of amides is 1. The molecule has 206 valence electrons. The van der Waals surface area contributed by atoms with Gasteiger partial charge in [0.2, 0.25) is 5.91 Å². The Bertz CT molecular complexity index is 1170. The van der Waals surface area contributed by atoms with Crippen molar-refractivity contribution in [3.05, 3.63) is 83.4 Å². The van der Waals surface area contributed by atoms with E-state index in [2.05, 4.69) is 47.7 Å². The second kappa shape index (κ2) is 13.1. The van der Waals surface area contributed by atoms with Crippen molar-refractivity contribution in [3.8, 4) is 5.69 Å². The average Bonchev–Trinajstić information content (AvgIpc) is 3.31. The molecule has 0 saturated heterocycles. The molecular weight excluding hydrogens is 486 g/mol. The normalized spacial score (nSPS) is 13.5. The number of aromatic nitrogens is 2. The summed E-state index contributed by atoms with van der Waals surface area (Å²) in [7, 11) is 0. The highest BCUT2D eigenvalue weighted by molar-refractivity contribution is 5.77. The van der Waals surface area contributed by atoms with E-state index < -0.39 is 23.8 Å². The summed E-state index contributed by atoms with van der Waals surface area (Å²) in [4.78, 5) is 16.9. The van der Waals surface area contributed by atoms with E-state index in [1.165, 1.54) is 17.7 Å². The minimum absolute atomic E-state index is 0.0948. The Labute approximate surface area is 224 Å². The van der Waals surface area contributed by atoms with Gasteiger partial charge >= 0.3 is 0 Å². The summed E-state index contributed by atoms with van der Waals surface area (Å²) in [5, 5.41) is 17.3. The molecule has 0 radical (unpaired) electrons. The highest BCUT2D eigenvalue weighted by atomic mass is 19.1. The molecule has 0 fully saturated rings. The molecule has 0 bridgehead atoms. The molecule has 38 heavy (non-hydrogen) atoms. The molecule has 1 amide bonds. The van der Waals surface area contributed by atoms with E-state index in [1.54, 1.807) is 12.5 Å². The SMILES string of the molecule is CC(C)Cc1ccc(-n2ccnc2)c(CNC[C@@H](O)[C@H](Cc2cc(F)cc(F)c2)NC(=O)CC(C)(C)C)c1. The van der Waals surface area contributed by atoms with Gasteiger partial charge in [-0.05, 0) is 59.1 Å². The molecule has 0 saturated carbocycles. The van der Waals surface area contributed by atoms with Crippen LogP contribution in [0, 0.1) is 23.0 Å². The van der Waals surface area contributed by atoms with E-state index in [1.807, 2.05) is 31.5 Å². The van der Waals surface area contributed by atoms with Gasteiger partial charge in [-0.25, -0.2) is 13.8 Å². The van der Waals surface area contributed by atoms with Crippen LogP contribution in [0.3, 0.4) is 0 Å². The van der Waals surface area contributed by atoms with Gasteiger partial charge in [0.05, 0.1) is 24.2 Å². The Morgan fingerprint density at radius 2 is 1.76 bits per heavy atom. The lowest BCUT2D eigenvalue weighted by Gasteiger charge is -2.27. The van der Waals surface area contributed by atoms with Gasteiger partial charge < -0.3 is 20.3 Å². The highest BCUT2D eigenvalue weighted by Gasteiger charge is 2.25. The summed E-state index contributed by atoms with van der Waals surface area (Å²) < 4.78 is 29.6. The number of halogens is 2. The molecule has 2 aromatic carbocycles. The second-order valence-electron chi connectivity index (χ2n) is 11.6. The number of rotatable bonds is 12. The Morgan fingerprint density at radius 1 is 1.05 bits per heavy atom. The number of nitrogens with zero attached hydrogens (tertiary/aromatic N) is 2. The van der Waals surface area contributed by atoms with Gasteiger partial charge in [-0.15, -0.1) is 0 Å². The lowest BCUT2D eigenvalue weighted by molar-refractivity contribution is -0.124. The molecular formula is C30H40F2N4O2. The van der Waals surface area contributed by atoms with Crippen molar-refractivity contribution in [2.75, 3.05) is 6.54 Å². The largest absolute Gasteiger partial charge is 0.390 e. The molecule has 0 aliphatic heterocycles. The topological polar surface area (TPSA) is 79.2 Å². The molecule has 1 heterocycles. The zero-order valence-corrected chi connectivity index (χ0v) is 23.0. The smallest absolute Gasteiger partial charge is 0.220 e. The number of hydrogen-bond donors (Lipinski definition) is 3. The maximum atomic E-state index is 13.8. The molecule has 0 spiro atoms. The second-order valence-corrected chi connectivity index (χ2v) is 11.6. The first-order valence-electron chi connectivity index (χ1n) is 13.1. The average molecular weight is 527 g/mol. The molecule has 1 aromatic heterocycles. The quantitative estimate of drug-likeness (QED) is 0.312. The van der Waals surface area contributed by atoms with Crippen LogP contribution in [0.25, 0.3) is 5.69 Å². The molecule has 3 aromatic rings. The molecule has 6 nitrogen and oxygen atoms in total. The summed E-state index contributed by atoms with van der Waals surface area (Å²) >= 11 is 0. The maximum Gasteiger partial charge on any atom is 0.220 e. The van der Waals surface area contributed by atoms with Crippen molar-refractivity contribution in [2.24, 2.45) is 11.3 Å². The third kappa shape index (κ3) is 9.33. The third-order valence-electron chi connectivity index (χ3n) is 6.12. The van der Waals surface area contributed by atoms with Gasteiger partial charge in [0.1, 0.15) is 11.6 Å². The van der Waals surface area contributed by atoms with Gasteiger partial charge in [-0.2, -0.15) is 0 Å². The van der Waals surface area contributed by atoms with E-state index in [4.69, 9.17) is 0 Å². The number of benzene rings is 2. The van der Waals surface area contributed by atoms with Crippen molar-refractivity contribution in [1.29, 1.82) is 0 Å². The van der Waals surface area contributed by atoms with Crippen LogP contribution in [0.5, 0.6) is 0 Å². The molecule has 3 N–H and O–H groups in total. The van der Waals surface area contributed by atoms with E-state index in [0.717, 1.165) is 23.7 Å². The number of hydrogen-bond acceptors (Lipinski definition) is 4. The summed E-state index contributed by atoms with van der Waals surface area (Å²) in [5.41, 5.74) is 3.39. The van der Waals surface area contributed by atoms with Gasteiger partial charge in [0.15, 0.2) is 0 Å². The van der Waals surface area contributed by atoms with E-state index in [9.17, 15) is 18.7 Å². The lowest BCUT2D eigenvalue weighted by atomic mass is 9.91. The lowest BCUT2D eigenvalue weighted by Crippen LogP contribution is -2.49. The van der Waals surface area contributed by atoms with Crippen LogP contribution < -0.4 is 10.6 Å². The molecule has 2 atom stereocenters. The van der Waals surface area contributed by atoms with Crippen LogP contribution in [-0.4, -0.2) is 39.3 Å². The van der Waals surface area contributed by atoms with E-state index in [-0.39, 0.29) is 30.7 Å². The predicted octanol–water partition coefficient (Wildman–Crippen LogP) is 4.96. The number of imidazole rings is 1. The summed E-state index contributed by atoms with van der Waals surface area (Å²) in [6.45, 7) is 10.9. The Balaban J connectivity index is 1.74. The number of nitrogens with one attached hydrogen (secondary N) is 2. The molecule has 3 rings (SSSR count). The monoisotopic (exact) mass is 526 g/mol. The first kappa shape index (κ1) is 29.5. The minimum atomic E-state index is -0.985. The Kier molecular flexibility index (Phi) is 10.2. The highest BCUT2D eigenvalue weighted by Crippen LogP contribution is 2.20. The molecule has 0 aliphatic rings. The van der Waals surface area contributed by atoms with Crippen molar-refractivity contribution in [3.63, 3.8) is 0 Å². The molecule has 8 heteroatoms. The summed E-state index contributed by atoms with van der Waals surface area (Å²) in [6, 6.07) is 8.88. The van der Waals surface area contributed by atoms with Crippen LogP contribution in [0.15, 0.2) is 55.1 Å². The van der Waals surface area contributed by atoms with E-state index in [0.29, 0.717) is 18.0 Å². The Hall–Kier alpha value is -3.10. The first-order valence-corrected chi connectivity index (χ1v) is 13.1. The standard InChI is InChI=1S/C30H40F2N4O2/c1-20(2)10-21-6-7-27(36-9-8-33-19-36)23(11-21)17-34-18-28(37)26(35-29(38)16-30(3,4)5)14-22-12-24(31)15-25(32)13-22/h6-9,11-13,15,19-20,26,28,34,37H,10,14,16-18H2,1-5H3,(H,35,38)/t26-,28+/m0/s1. The maximum absolute atomic E-state index is 13.8. The zero-order valence-electron chi connectivity index (χ0n) is 23.0. The zero-order chi connectivity index (χ0) is 27.9. The summed E-state index contributed by atoms with van der Waals surface area (Å²) in [6.07, 6.45) is 5.68. The number of carbonyl (C=O) groups is 1. The van der Waals surface area contributed by atoms with Crippen molar-refractivity contribution in [2.45, 2.75) is 72.6 Å². The first-order chi connectivity index (χ1) is 17.9. The third-order valence-corrected chi connectivity index (χ3v) is 6.12. The molecule has 0 unspecified atom stereocenters. The van der Waals surface area contributed by atoms with Gasteiger partial charge in [0, 0.05) is 38.0 Å². The number of carbonyl (C=O) groups excluding carboxylic acids is 1. The van der Waals surface area contributed by atoms with Gasteiger partial charge in [0.25, 0.3) is 0 Å². The predicted molar refractivity (Wildman–Crippen MR) is 146 cm³/mol. The fourth-order valence-electron chi connectivity index (χ4n) is 4.53. The summed E-state index contributed by atoms with van der Waals surface area (Å²) in [5.74, 6) is -1.09. The van der Waals surface area contributed by atoms with Crippen molar-refractivity contribution in [1.82, 2.24) is 20.2 Å². The minimum Gasteiger partial charge on any atom is -0.390 e. The Morgan fingerprint density at radius 3 is 2.37 bits per heavy atom.